The van der Waals surface area contributed by atoms with Crippen LogP contribution < -0.4 is 4.74 Å². The Morgan fingerprint density at radius 1 is 0.905 bits per heavy atom. The highest BCUT2D eigenvalue weighted by Crippen LogP contribution is 2.34. The Bertz CT molecular complexity index is 526. The number of likely N-dealkylation sites (N-methyl/N-ethyl adjacent to an activating group) is 1. The molecule has 112 valence electrons. The molecule has 0 aliphatic rings. The summed E-state index contributed by atoms with van der Waals surface area (Å²) < 4.78 is 5.98. The van der Waals surface area contributed by atoms with E-state index >= 15 is 0 Å². The van der Waals surface area contributed by atoms with E-state index in [9.17, 15) is 0 Å². The summed E-state index contributed by atoms with van der Waals surface area (Å²) in [6, 6.07) is 18.7. The molecule has 2 rings (SSSR count). The summed E-state index contributed by atoms with van der Waals surface area (Å²) in [5.74, 6) is 0.971. The first-order valence-corrected chi connectivity index (χ1v) is 8.32. The van der Waals surface area contributed by atoms with Crippen molar-refractivity contribution in [1.82, 2.24) is 4.90 Å². The van der Waals surface area contributed by atoms with Crippen molar-refractivity contribution in [2.45, 2.75) is 23.6 Å². The lowest BCUT2D eigenvalue weighted by Gasteiger charge is -2.18. The maximum Gasteiger partial charge on any atom is 0.133 e. The van der Waals surface area contributed by atoms with Crippen molar-refractivity contribution in [2.75, 3.05) is 26.2 Å². The average Bonchev–Trinajstić information content (AvgIpc) is 2.54. The number of rotatable bonds is 8. The Morgan fingerprint density at radius 2 is 1.57 bits per heavy atom. The van der Waals surface area contributed by atoms with Gasteiger partial charge in [0.1, 0.15) is 12.4 Å². The summed E-state index contributed by atoms with van der Waals surface area (Å²) in [7, 11) is 0. The summed E-state index contributed by atoms with van der Waals surface area (Å²) in [4.78, 5) is 4.77. The van der Waals surface area contributed by atoms with Crippen molar-refractivity contribution >= 4 is 11.8 Å². The van der Waals surface area contributed by atoms with Gasteiger partial charge in [-0.05, 0) is 37.4 Å². The summed E-state index contributed by atoms with van der Waals surface area (Å²) >= 11 is 1.75. The SMILES string of the molecule is CCN(CC)CCOc1ccccc1Sc1ccccc1. The summed E-state index contributed by atoms with van der Waals surface area (Å²) in [5, 5.41) is 0. The van der Waals surface area contributed by atoms with Crippen molar-refractivity contribution in [2.24, 2.45) is 0 Å². The van der Waals surface area contributed by atoms with Gasteiger partial charge in [0.2, 0.25) is 0 Å². The van der Waals surface area contributed by atoms with E-state index in [0.717, 1.165) is 32.0 Å². The van der Waals surface area contributed by atoms with E-state index in [-0.39, 0.29) is 0 Å². The molecule has 0 heterocycles. The van der Waals surface area contributed by atoms with Crippen molar-refractivity contribution < 1.29 is 4.74 Å². The summed E-state index contributed by atoms with van der Waals surface area (Å²) in [6.45, 7) is 8.21. The van der Waals surface area contributed by atoms with Crippen LogP contribution in [0.2, 0.25) is 0 Å². The number of nitrogens with zero attached hydrogens (tertiary/aromatic N) is 1. The molecule has 0 amide bonds. The van der Waals surface area contributed by atoms with Crippen LogP contribution in [0.15, 0.2) is 64.4 Å². The van der Waals surface area contributed by atoms with E-state index < -0.39 is 0 Å². The minimum absolute atomic E-state index is 0.730. The maximum absolute atomic E-state index is 5.98. The highest BCUT2D eigenvalue weighted by molar-refractivity contribution is 7.99. The third-order valence-corrected chi connectivity index (χ3v) is 4.44. The quantitative estimate of drug-likeness (QED) is 0.709. The molecular formula is C18H23NOS. The van der Waals surface area contributed by atoms with Crippen LogP contribution in [0.4, 0.5) is 0 Å². The number of ether oxygens (including phenoxy) is 1. The van der Waals surface area contributed by atoms with E-state index in [1.807, 2.05) is 18.2 Å². The van der Waals surface area contributed by atoms with Crippen molar-refractivity contribution in [3.63, 3.8) is 0 Å². The van der Waals surface area contributed by atoms with E-state index in [1.165, 1.54) is 9.79 Å². The van der Waals surface area contributed by atoms with Crippen LogP contribution in [0, 0.1) is 0 Å². The molecular weight excluding hydrogens is 278 g/mol. The van der Waals surface area contributed by atoms with Gasteiger partial charge in [-0.1, -0.05) is 55.9 Å². The second kappa shape index (κ2) is 8.75. The summed E-state index contributed by atoms with van der Waals surface area (Å²) in [5.41, 5.74) is 0. The second-order valence-electron chi connectivity index (χ2n) is 4.74. The molecule has 2 nitrogen and oxygen atoms in total. The zero-order valence-corrected chi connectivity index (χ0v) is 13.6. The highest BCUT2D eigenvalue weighted by Gasteiger charge is 2.06. The van der Waals surface area contributed by atoms with Crippen LogP contribution in [0.5, 0.6) is 5.75 Å². The monoisotopic (exact) mass is 301 g/mol. The third kappa shape index (κ3) is 5.10. The van der Waals surface area contributed by atoms with Crippen LogP contribution in [0.3, 0.4) is 0 Å². The van der Waals surface area contributed by atoms with Crippen LogP contribution in [0.1, 0.15) is 13.8 Å². The third-order valence-electron chi connectivity index (χ3n) is 3.38. The largest absolute Gasteiger partial charge is 0.491 e. The highest BCUT2D eigenvalue weighted by atomic mass is 32.2. The molecule has 0 saturated heterocycles. The topological polar surface area (TPSA) is 12.5 Å². The first-order chi connectivity index (χ1) is 10.3. The molecule has 0 bridgehead atoms. The van der Waals surface area contributed by atoms with Crippen LogP contribution in [-0.4, -0.2) is 31.1 Å². The Kier molecular flexibility index (Phi) is 6.64. The predicted molar refractivity (Wildman–Crippen MR) is 90.3 cm³/mol. The minimum Gasteiger partial charge on any atom is -0.491 e. The van der Waals surface area contributed by atoms with Gasteiger partial charge in [-0.15, -0.1) is 0 Å². The number of para-hydroxylation sites is 1. The van der Waals surface area contributed by atoms with Gasteiger partial charge < -0.3 is 9.64 Å². The van der Waals surface area contributed by atoms with Crippen LogP contribution in [0.25, 0.3) is 0 Å². The van der Waals surface area contributed by atoms with Crippen LogP contribution in [-0.2, 0) is 0 Å². The molecule has 0 aliphatic heterocycles. The van der Waals surface area contributed by atoms with E-state index in [2.05, 4.69) is 55.1 Å². The molecule has 0 fully saturated rings. The van der Waals surface area contributed by atoms with Gasteiger partial charge in [0, 0.05) is 11.4 Å². The Hall–Kier alpha value is -1.45. The van der Waals surface area contributed by atoms with Crippen molar-refractivity contribution in [3.8, 4) is 5.75 Å². The second-order valence-corrected chi connectivity index (χ2v) is 5.85. The molecule has 2 aromatic carbocycles. The fourth-order valence-corrected chi connectivity index (χ4v) is 3.02. The van der Waals surface area contributed by atoms with E-state index in [1.54, 1.807) is 11.8 Å². The number of hydrogen-bond acceptors (Lipinski definition) is 3. The lowest BCUT2D eigenvalue weighted by atomic mass is 10.3. The molecule has 0 saturated carbocycles. The molecule has 0 atom stereocenters. The van der Waals surface area contributed by atoms with Gasteiger partial charge in [0.15, 0.2) is 0 Å². The smallest absolute Gasteiger partial charge is 0.133 e. The van der Waals surface area contributed by atoms with E-state index in [4.69, 9.17) is 4.74 Å². The molecule has 0 unspecified atom stereocenters. The van der Waals surface area contributed by atoms with Gasteiger partial charge in [-0.3, -0.25) is 0 Å². The van der Waals surface area contributed by atoms with Gasteiger partial charge in [-0.25, -0.2) is 0 Å². The zero-order chi connectivity index (χ0) is 14.9. The molecule has 0 N–H and O–H groups in total. The first kappa shape index (κ1) is 15.9. The Morgan fingerprint density at radius 3 is 2.29 bits per heavy atom. The molecule has 0 radical (unpaired) electrons. The Labute approximate surface area is 132 Å². The standard InChI is InChI=1S/C18H23NOS/c1-3-19(4-2)14-15-20-17-12-8-9-13-18(17)21-16-10-6-5-7-11-16/h5-13H,3-4,14-15H2,1-2H3. The Balaban J connectivity index is 1.97. The molecule has 3 heteroatoms. The zero-order valence-electron chi connectivity index (χ0n) is 12.8. The van der Waals surface area contributed by atoms with Crippen molar-refractivity contribution in [3.05, 3.63) is 54.6 Å². The molecule has 0 aliphatic carbocycles. The maximum atomic E-state index is 5.98. The predicted octanol–water partition coefficient (Wildman–Crippen LogP) is 4.56. The normalized spacial score (nSPS) is 10.8. The van der Waals surface area contributed by atoms with Gasteiger partial charge >= 0.3 is 0 Å². The number of benzene rings is 2. The molecule has 0 aromatic heterocycles. The number of hydrogen-bond donors (Lipinski definition) is 0. The molecule has 0 spiro atoms. The van der Waals surface area contributed by atoms with Crippen LogP contribution >= 0.6 is 11.8 Å². The van der Waals surface area contributed by atoms with Gasteiger partial charge in [0.25, 0.3) is 0 Å². The fourth-order valence-electron chi connectivity index (χ4n) is 2.09. The molecule has 21 heavy (non-hydrogen) atoms. The van der Waals surface area contributed by atoms with Gasteiger partial charge in [0.05, 0.1) is 4.90 Å². The summed E-state index contributed by atoms with van der Waals surface area (Å²) in [6.07, 6.45) is 0. The first-order valence-electron chi connectivity index (χ1n) is 7.50. The van der Waals surface area contributed by atoms with Gasteiger partial charge in [-0.2, -0.15) is 0 Å². The van der Waals surface area contributed by atoms with Crippen molar-refractivity contribution in [1.29, 1.82) is 0 Å². The average molecular weight is 301 g/mol. The molecule has 2 aromatic rings. The minimum atomic E-state index is 0.730. The lowest BCUT2D eigenvalue weighted by molar-refractivity contribution is 0.220. The lowest BCUT2D eigenvalue weighted by Crippen LogP contribution is -2.27. The van der Waals surface area contributed by atoms with E-state index in [0.29, 0.717) is 0 Å². The fraction of sp³-hybridized carbons (Fsp3) is 0.333.